The highest BCUT2D eigenvalue weighted by atomic mass is 32.1. The van der Waals surface area contributed by atoms with E-state index in [-0.39, 0.29) is 23.9 Å². The van der Waals surface area contributed by atoms with Crippen molar-refractivity contribution in [2.24, 2.45) is 0 Å². The third-order valence-corrected chi connectivity index (χ3v) is 5.91. The number of phenols is 1. The summed E-state index contributed by atoms with van der Waals surface area (Å²) in [6, 6.07) is 11.5. The number of benzene rings is 2. The van der Waals surface area contributed by atoms with Crippen LogP contribution in [-0.2, 0) is 0 Å². The molecule has 4 rings (SSSR count). The first-order chi connectivity index (χ1) is 13.3. The minimum absolute atomic E-state index is 0.0889. The van der Waals surface area contributed by atoms with Gasteiger partial charge in [0.1, 0.15) is 22.4 Å². The Hall–Kier alpha value is -3.12. The maximum absolute atomic E-state index is 10.5. The van der Waals surface area contributed by atoms with Gasteiger partial charge in [0.2, 0.25) is 0 Å². The molecule has 2 heterocycles. The Morgan fingerprint density at radius 2 is 1.82 bits per heavy atom. The van der Waals surface area contributed by atoms with Crippen LogP contribution in [0.5, 0.6) is 5.75 Å². The van der Waals surface area contributed by atoms with Crippen molar-refractivity contribution in [2.45, 2.75) is 20.8 Å². The number of aromatic nitrogens is 1. The molecule has 0 saturated carbocycles. The van der Waals surface area contributed by atoms with Crippen LogP contribution < -0.4 is 4.90 Å². The number of hydrogen-bond donors (Lipinski definition) is 3. The third-order valence-electron chi connectivity index (χ3n) is 5.05. The number of nitrogens with zero attached hydrogens (tertiary/aromatic N) is 2. The number of aryl methyl sites for hydroxylation is 3. The zero-order valence-electron chi connectivity index (χ0n) is 15.9. The number of aromatic hydroxyl groups is 1. The fourth-order valence-electron chi connectivity index (χ4n) is 3.29. The van der Waals surface area contributed by atoms with Crippen LogP contribution in [0.25, 0.3) is 16.8 Å². The minimum Gasteiger partial charge on any atom is -0.510 e. The molecule has 1 aliphatic rings. The molecule has 6 heteroatoms. The molecular weight excluding hydrogens is 370 g/mol. The molecular formula is C22H21N3O2S. The van der Waals surface area contributed by atoms with Crippen molar-refractivity contribution in [3.8, 4) is 17.0 Å². The first kappa shape index (κ1) is 18.3. The van der Waals surface area contributed by atoms with Gasteiger partial charge in [0, 0.05) is 10.9 Å². The summed E-state index contributed by atoms with van der Waals surface area (Å²) >= 11 is 1.40. The quantitative estimate of drug-likeness (QED) is 0.573. The Bertz CT molecular complexity index is 1130. The molecule has 0 fully saturated rings. The monoisotopic (exact) mass is 391 g/mol. The average molecular weight is 391 g/mol. The van der Waals surface area contributed by atoms with E-state index in [1.807, 2.05) is 24.4 Å². The van der Waals surface area contributed by atoms with Crippen molar-refractivity contribution < 1.29 is 10.2 Å². The number of hydrogen-bond acceptors (Lipinski definition) is 5. The highest BCUT2D eigenvalue weighted by Gasteiger charge is 2.32. The number of nitrogens with one attached hydrogen (secondary N) is 1. The van der Waals surface area contributed by atoms with Gasteiger partial charge in [-0.05, 0) is 55.7 Å². The first-order valence-corrected chi connectivity index (χ1v) is 9.85. The van der Waals surface area contributed by atoms with Crippen LogP contribution in [0, 0.1) is 26.2 Å². The molecule has 5 nitrogen and oxygen atoms in total. The van der Waals surface area contributed by atoms with Gasteiger partial charge in [0.15, 0.2) is 0 Å². The molecule has 0 spiro atoms. The van der Waals surface area contributed by atoms with Crippen molar-refractivity contribution in [2.75, 3.05) is 11.4 Å². The molecule has 1 aromatic heterocycles. The number of amidine groups is 1. The van der Waals surface area contributed by atoms with Crippen molar-refractivity contribution in [1.29, 1.82) is 5.41 Å². The number of aliphatic hydroxyl groups is 1. The van der Waals surface area contributed by atoms with E-state index in [4.69, 9.17) is 5.41 Å². The number of anilines is 1. The van der Waals surface area contributed by atoms with E-state index in [0.29, 0.717) is 16.3 Å². The summed E-state index contributed by atoms with van der Waals surface area (Å²) in [7, 11) is 0. The summed E-state index contributed by atoms with van der Waals surface area (Å²) < 4.78 is 0. The summed E-state index contributed by atoms with van der Waals surface area (Å²) in [6.07, 6.45) is 0. The molecule has 3 N–H and O–H groups in total. The molecule has 0 radical (unpaired) electrons. The number of thiazole rings is 1. The second-order valence-corrected chi connectivity index (χ2v) is 7.94. The van der Waals surface area contributed by atoms with E-state index in [1.54, 1.807) is 17.0 Å². The lowest BCUT2D eigenvalue weighted by molar-refractivity contribution is 0.411. The highest BCUT2D eigenvalue weighted by Crippen LogP contribution is 2.37. The molecule has 0 atom stereocenters. The lowest BCUT2D eigenvalue weighted by Gasteiger charge is -2.20. The smallest absolute Gasteiger partial charge is 0.139 e. The van der Waals surface area contributed by atoms with Crippen LogP contribution in [0.4, 0.5) is 5.69 Å². The molecule has 28 heavy (non-hydrogen) atoms. The molecule has 142 valence electrons. The zero-order valence-corrected chi connectivity index (χ0v) is 16.8. The Morgan fingerprint density at radius 3 is 2.54 bits per heavy atom. The summed E-state index contributed by atoms with van der Waals surface area (Å²) in [4.78, 5) is 6.26. The lowest BCUT2D eigenvalue weighted by Crippen LogP contribution is -2.26. The standard InChI is InChI=1S/C22H21N3O2S/c1-12-4-7-17(18(26)8-12)25-10-19(27)20(21(25)23)22-24-16(11-28-22)15-6-5-13(2)14(3)9-15/h4-9,11,23,26-27H,10H2,1-3H3. The number of phenolic OH excluding ortho intramolecular Hbond substituents is 1. The Balaban J connectivity index is 1.66. The predicted molar refractivity (Wildman–Crippen MR) is 114 cm³/mol. The van der Waals surface area contributed by atoms with Gasteiger partial charge in [0.25, 0.3) is 0 Å². The first-order valence-electron chi connectivity index (χ1n) is 8.97. The maximum atomic E-state index is 10.5. The SMILES string of the molecule is Cc1ccc(N2CC(O)=C(c3nc(-c4ccc(C)c(C)c4)cs3)C2=N)c(O)c1. The zero-order chi connectivity index (χ0) is 20.0. The van der Waals surface area contributed by atoms with Gasteiger partial charge in [-0.2, -0.15) is 0 Å². The molecule has 1 aliphatic heterocycles. The molecule has 0 amide bonds. The second kappa shape index (κ2) is 6.80. The van der Waals surface area contributed by atoms with Crippen molar-refractivity contribution in [1.82, 2.24) is 4.98 Å². The maximum Gasteiger partial charge on any atom is 0.139 e. The van der Waals surface area contributed by atoms with Crippen LogP contribution in [0.2, 0.25) is 0 Å². The fourth-order valence-corrected chi connectivity index (χ4v) is 4.19. The van der Waals surface area contributed by atoms with E-state index in [0.717, 1.165) is 16.8 Å². The third kappa shape index (κ3) is 3.05. The fraction of sp³-hybridized carbons (Fsp3) is 0.182. The molecule has 3 aromatic rings. The van der Waals surface area contributed by atoms with Crippen LogP contribution in [0.1, 0.15) is 21.7 Å². The topological polar surface area (TPSA) is 80.4 Å². The average Bonchev–Trinajstić information content (AvgIpc) is 3.22. The Morgan fingerprint density at radius 1 is 1.04 bits per heavy atom. The van der Waals surface area contributed by atoms with Crippen LogP contribution >= 0.6 is 11.3 Å². The number of aliphatic hydroxyl groups excluding tert-OH is 1. The van der Waals surface area contributed by atoms with Crippen LogP contribution in [0.3, 0.4) is 0 Å². The van der Waals surface area contributed by atoms with Gasteiger partial charge in [0.05, 0.1) is 23.5 Å². The van der Waals surface area contributed by atoms with Crippen molar-refractivity contribution >= 4 is 28.4 Å². The summed E-state index contributed by atoms with van der Waals surface area (Å²) in [5.41, 5.74) is 6.12. The second-order valence-electron chi connectivity index (χ2n) is 7.09. The van der Waals surface area contributed by atoms with Crippen LogP contribution in [-0.4, -0.2) is 27.6 Å². The van der Waals surface area contributed by atoms with Gasteiger partial charge in [-0.25, -0.2) is 4.98 Å². The van der Waals surface area contributed by atoms with E-state index in [1.165, 1.54) is 22.5 Å². The molecule has 0 saturated heterocycles. The van der Waals surface area contributed by atoms with E-state index >= 15 is 0 Å². The van der Waals surface area contributed by atoms with E-state index in [2.05, 4.69) is 31.0 Å². The Kier molecular flexibility index (Phi) is 4.43. The van der Waals surface area contributed by atoms with Gasteiger partial charge in [-0.1, -0.05) is 18.2 Å². The van der Waals surface area contributed by atoms with Crippen molar-refractivity contribution in [3.63, 3.8) is 0 Å². The van der Waals surface area contributed by atoms with Gasteiger partial charge >= 0.3 is 0 Å². The lowest BCUT2D eigenvalue weighted by atomic mass is 10.1. The van der Waals surface area contributed by atoms with Gasteiger partial charge in [-0.15, -0.1) is 11.3 Å². The summed E-state index contributed by atoms with van der Waals surface area (Å²) in [5, 5.41) is 31.9. The highest BCUT2D eigenvalue weighted by molar-refractivity contribution is 7.11. The molecule has 0 bridgehead atoms. The van der Waals surface area contributed by atoms with Crippen molar-refractivity contribution in [3.05, 3.63) is 69.2 Å². The summed E-state index contributed by atoms with van der Waals surface area (Å²) in [6.45, 7) is 6.18. The summed E-state index contributed by atoms with van der Waals surface area (Å²) in [5.74, 6) is 0.317. The van der Waals surface area contributed by atoms with Gasteiger partial charge < -0.3 is 15.1 Å². The largest absolute Gasteiger partial charge is 0.510 e. The normalized spacial score (nSPS) is 14.2. The van der Waals surface area contributed by atoms with E-state index < -0.39 is 0 Å². The molecule has 0 aliphatic carbocycles. The molecule has 2 aromatic carbocycles. The van der Waals surface area contributed by atoms with E-state index in [9.17, 15) is 10.2 Å². The Labute approximate surface area is 167 Å². The minimum atomic E-state index is 0.0889. The van der Waals surface area contributed by atoms with Gasteiger partial charge in [-0.3, -0.25) is 5.41 Å². The predicted octanol–water partition coefficient (Wildman–Crippen LogP) is 5.21. The molecule has 0 unspecified atom stereocenters. The number of rotatable bonds is 3. The van der Waals surface area contributed by atoms with Crippen LogP contribution in [0.15, 0.2) is 47.5 Å².